The molecule has 6 nitrogen and oxygen atoms in total. The van der Waals surface area contributed by atoms with Crippen LogP contribution in [0, 0.1) is 18.8 Å². The Labute approximate surface area is 157 Å². The standard InChI is InChI=1S/C19H25NO5S/c1-9(2)25-19(24)15-8-12(5)26-17(15)20-16(21)13-6-10(3)11(4)7-14(13)18(22)23/h8-9,13-14H,6-7H2,1-5H3,(H,20,21)(H,22,23)/t13-,14+/m1/s1. The maximum atomic E-state index is 12.8. The van der Waals surface area contributed by atoms with Crippen molar-refractivity contribution in [2.45, 2.75) is 53.6 Å². The minimum absolute atomic E-state index is 0.267. The number of ether oxygens (including phenoxy) is 1. The lowest BCUT2D eigenvalue weighted by Crippen LogP contribution is -2.36. The Morgan fingerprint density at radius 3 is 2.27 bits per heavy atom. The average Bonchev–Trinajstić information content (AvgIpc) is 2.89. The van der Waals surface area contributed by atoms with Crippen molar-refractivity contribution in [2.75, 3.05) is 5.32 Å². The molecule has 0 spiro atoms. The maximum absolute atomic E-state index is 12.8. The van der Waals surface area contributed by atoms with E-state index in [1.807, 2.05) is 20.8 Å². The molecule has 2 rings (SSSR count). The van der Waals surface area contributed by atoms with Gasteiger partial charge in [-0.15, -0.1) is 11.3 Å². The third-order valence-electron chi connectivity index (χ3n) is 4.58. The smallest absolute Gasteiger partial charge is 0.341 e. The van der Waals surface area contributed by atoms with E-state index in [0.29, 0.717) is 23.4 Å². The normalized spacial score (nSPS) is 20.2. The molecule has 1 amide bonds. The molecule has 142 valence electrons. The fraction of sp³-hybridized carbons (Fsp3) is 0.526. The van der Waals surface area contributed by atoms with Crippen LogP contribution in [-0.2, 0) is 14.3 Å². The monoisotopic (exact) mass is 379 g/mol. The topological polar surface area (TPSA) is 92.7 Å². The summed E-state index contributed by atoms with van der Waals surface area (Å²) < 4.78 is 5.22. The zero-order valence-corrected chi connectivity index (χ0v) is 16.5. The van der Waals surface area contributed by atoms with E-state index in [-0.39, 0.29) is 12.0 Å². The van der Waals surface area contributed by atoms with E-state index in [2.05, 4.69) is 5.32 Å². The van der Waals surface area contributed by atoms with Crippen molar-refractivity contribution in [2.24, 2.45) is 11.8 Å². The van der Waals surface area contributed by atoms with Crippen molar-refractivity contribution in [3.8, 4) is 0 Å². The number of thiophene rings is 1. The van der Waals surface area contributed by atoms with Crippen molar-refractivity contribution >= 4 is 34.2 Å². The Hall–Kier alpha value is -2.15. The van der Waals surface area contributed by atoms with Crippen LogP contribution in [0.15, 0.2) is 17.2 Å². The van der Waals surface area contributed by atoms with Crippen molar-refractivity contribution < 1.29 is 24.2 Å². The quantitative estimate of drug-likeness (QED) is 0.596. The minimum atomic E-state index is -0.973. The second kappa shape index (κ2) is 8.03. The van der Waals surface area contributed by atoms with Gasteiger partial charge in [-0.3, -0.25) is 9.59 Å². The highest BCUT2D eigenvalue weighted by Crippen LogP contribution is 2.36. The first-order chi connectivity index (χ1) is 12.1. The molecule has 1 aromatic heterocycles. The Kier molecular flexibility index (Phi) is 6.23. The lowest BCUT2D eigenvalue weighted by Gasteiger charge is -2.29. The van der Waals surface area contributed by atoms with Crippen LogP contribution >= 0.6 is 11.3 Å². The molecule has 0 saturated carbocycles. The molecule has 0 unspecified atom stereocenters. The van der Waals surface area contributed by atoms with Gasteiger partial charge in [0.1, 0.15) is 5.00 Å². The Morgan fingerprint density at radius 2 is 1.73 bits per heavy atom. The van der Waals surface area contributed by atoms with Gasteiger partial charge >= 0.3 is 11.9 Å². The summed E-state index contributed by atoms with van der Waals surface area (Å²) in [6.07, 6.45) is 0.507. The Morgan fingerprint density at radius 1 is 1.15 bits per heavy atom. The van der Waals surface area contributed by atoms with Gasteiger partial charge in [0, 0.05) is 4.88 Å². The fourth-order valence-corrected chi connectivity index (χ4v) is 3.97. The minimum Gasteiger partial charge on any atom is -0.481 e. The summed E-state index contributed by atoms with van der Waals surface area (Å²) in [4.78, 5) is 37.5. The van der Waals surface area contributed by atoms with Crippen molar-refractivity contribution in [3.05, 3.63) is 27.7 Å². The van der Waals surface area contributed by atoms with Gasteiger partial charge in [0.2, 0.25) is 5.91 Å². The van der Waals surface area contributed by atoms with Gasteiger partial charge in [-0.2, -0.15) is 0 Å². The van der Waals surface area contributed by atoms with Crippen LogP contribution in [0.25, 0.3) is 0 Å². The number of allylic oxidation sites excluding steroid dienone is 2. The molecule has 0 aliphatic heterocycles. The van der Waals surface area contributed by atoms with E-state index < -0.39 is 23.8 Å². The molecular weight excluding hydrogens is 354 g/mol. The lowest BCUT2D eigenvalue weighted by molar-refractivity contribution is -0.146. The van der Waals surface area contributed by atoms with Gasteiger partial charge in [0.05, 0.1) is 23.5 Å². The highest BCUT2D eigenvalue weighted by Gasteiger charge is 2.37. The molecule has 1 aromatic rings. The van der Waals surface area contributed by atoms with Gasteiger partial charge in [-0.25, -0.2) is 4.79 Å². The fourth-order valence-electron chi connectivity index (χ4n) is 3.07. The summed E-state index contributed by atoms with van der Waals surface area (Å²) >= 11 is 1.28. The molecule has 1 aliphatic rings. The lowest BCUT2D eigenvalue weighted by atomic mass is 9.76. The first-order valence-corrected chi connectivity index (χ1v) is 9.42. The van der Waals surface area contributed by atoms with Crippen molar-refractivity contribution in [1.82, 2.24) is 0 Å². The second-order valence-corrected chi connectivity index (χ2v) is 8.32. The summed E-state index contributed by atoms with van der Waals surface area (Å²) in [6, 6.07) is 1.68. The number of anilines is 1. The summed E-state index contributed by atoms with van der Waals surface area (Å²) in [6.45, 7) is 9.18. The predicted octanol–water partition coefficient (Wildman–Crippen LogP) is 4.01. The first kappa shape index (κ1) is 20.2. The number of aryl methyl sites for hydroxylation is 1. The number of carbonyl (C=O) groups excluding carboxylic acids is 2. The number of carbonyl (C=O) groups is 3. The van der Waals surface area contributed by atoms with Gasteiger partial charge in [0.15, 0.2) is 0 Å². The second-order valence-electron chi connectivity index (χ2n) is 7.06. The van der Waals surface area contributed by atoms with Crippen molar-refractivity contribution in [3.63, 3.8) is 0 Å². The number of rotatable bonds is 5. The van der Waals surface area contributed by atoms with Crippen LogP contribution in [0.1, 0.15) is 55.8 Å². The number of hydrogen-bond donors (Lipinski definition) is 2. The van der Waals surface area contributed by atoms with Crippen LogP contribution in [-0.4, -0.2) is 29.1 Å². The van der Waals surface area contributed by atoms with E-state index in [1.165, 1.54) is 11.3 Å². The zero-order valence-electron chi connectivity index (χ0n) is 15.7. The molecule has 0 fully saturated rings. The summed E-state index contributed by atoms with van der Waals surface area (Å²) in [5.74, 6) is -3.26. The summed E-state index contributed by atoms with van der Waals surface area (Å²) in [5.41, 5.74) is 2.37. The van der Waals surface area contributed by atoms with E-state index in [1.54, 1.807) is 19.9 Å². The average molecular weight is 379 g/mol. The number of aliphatic carboxylic acids is 1. The molecule has 2 atom stereocenters. The largest absolute Gasteiger partial charge is 0.481 e. The van der Waals surface area contributed by atoms with Gasteiger partial charge in [-0.05, 0) is 53.5 Å². The van der Waals surface area contributed by atoms with E-state index in [4.69, 9.17) is 4.74 Å². The molecule has 1 heterocycles. The molecular formula is C19H25NO5S. The van der Waals surface area contributed by atoms with Crippen LogP contribution in [0.5, 0.6) is 0 Å². The highest BCUT2D eigenvalue weighted by molar-refractivity contribution is 7.16. The third-order valence-corrected chi connectivity index (χ3v) is 5.54. The highest BCUT2D eigenvalue weighted by atomic mass is 32.1. The van der Waals surface area contributed by atoms with Gasteiger partial charge in [0.25, 0.3) is 0 Å². The number of hydrogen-bond acceptors (Lipinski definition) is 5. The molecule has 2 N–H and O–H groups in total. The van der Waals surface area contributed by atoms with E-state index in [9.17, 15) is 19.5 Å². The number of nitrogens with one attached hydrogen (secondary N) is 1. The molecule has 1 aliphatic carbocycles. The number of carboxylic acid groups (broad SMARTS) is 1. The Bertz CT molecular complexity index is 762. The number of carboxylic acids is 1. The summed E-state index contributed by atoms with van der Waals surface area (Å²) in [7, 11) is 0. The SMILES string of the molecule is CC1=C(C)C[C@@H](C(=O)Nc2sc(C)cc2C(=O)OC(C)C)[C@@H](C(=O)O)C1. The Balaban J connectivity index is 2.24. The first-order valence-electron chi connectivity index (χ1n) is 8.60. The van der Waals surface area contributed by atoms with E-state index >= 15 is 0 Å². The number of amides is 1. The van der Waals surface area contributed by atoms with E-state index in [0.717, 1.165) is 16.0 Å². The molecule has 0 radical (unpaired) electrons. The van der Waals surface area contributed by atoms with Crippen LogP contribution in [0.3, 0.4) is 0 Å². The molecule has 0 saturated heterocycles. The maximum Gasteiger partial charge on any atom is 0.341 e. The van der Waals surface area contributed by atoms with Gasteiger partial charge in [-0.1, -0.05) is 11.1 Å². The molecule has 0 bridgehead atoms. The molecule has 0 aromatic carbocycles. The third kappa shape index (κ3) is 4.52. The zero-order chi connectivity index (χ0) is 19.6. The molecule has 7 heteroatoms. The van der Waals surface area contributed by atoms with Gasteiger partial charge < -0.3 is 15.2 Å². The number of esters is 1. The summed E-state index contributed by atoms with van der Waals surface area (Å²) in [5, 5.41) is 12.7. The van der Waals surface area contributed by atoms with Crippen LogP contribution in [0.4, 0.5) is 5.00 Å². The van der Waals surface area contributed by atoms with Crippen LogP contribution in [0.2, 0.25) is 0 Å². The predicted molar refractivity (Wildman–Crippen MR) is 100 cm³/mol. The molecule has 26 heavy (non-hydrogen) atoms. The van der Waals surface area contributed by atoms with Crippen molar-refractivity contribution in [1.29, 1.82) is 0 Å². The van der Waals surface area contributed by atoms with Crippen LogP contribution < -0.4 is 5.32 Å².